The van der Waals surface area contributed by atoms with E-state index in [1.54, 1.807) is 11.3 Å². The number of aryl methyl sites for hydroxylation is 1. The Morgan fingerprint density at radius 2 is 1.91 bits per heavy atom. The van der Waals surface area contributed by atoms with Crippen LogP contribution in [0.1, 0.15) is 26.5 Å². The molecule has 1 aromatic heterocycles. The molecule has 0 saturated carbocycles. The number of amides is 2. The number of nitrogens with one attached hydrogen (secondary N) is 1. The molecule has 0 bridgehead atoms. The summed E-state index contributed by atoms with van der Waals surface area (Å²) in [5, 5.41) is 5.83. The number of hydrogen-bond donors (Lipinski definition) is 1. The molecule has 0 radical (unpaired) electrons. The summed E-state index contributed by atoms with van der Waals surface area (Å²) in [6.45, 7) is 10.2. The standard InChI is InChI=1S/C15H24N4O2S/c1-10(2)13(17-12(4)20)14(21)18-5-7-19(8-6-18)15-16-11(3)9-22-15/h9-10,13H,5-8H2,1-4H3,(H,17,20)/t13-/m0/s1. The van der Waals surface area contributed by atoms with E-state index in [-0.39, 0.29) is 17.7 Å². The Labute approximate surface area is 135 Å². The summed E-state index contributed by atoms with van der Waals surface area (Å²) in [6.07, 6.45) is 0. The zero-order valence-corrected chi connectivity index (χ0v) is 14.4. The highest BCUT2D eigenvalue weighted by molar-refractivity contribution is 7.13. The molecule has 1 fully saturated rings. The summed E-state index contributed by atoms with van der Waals surface area (Å²) >= 11 is 1.64. The van der Waals surface area contributed by atoms with E-state index in [4.69, 9.17) is 0 Å². The van der Waals surface area contributed by atoms with Crippen LogP contribution in [0.3, 0.4) is 0 Å². The number of carbonyl (C=O) groups is 2. The van der Waals surface area contributed by atoms with Crippen molar-refractivity contribution in [3.63, 3.8) is 0 Å². The summed E-state index contributed by atoms with van der Waals surface area (Å²) in [5.74, 6) is -0.0693. The largest absolute Gasteiger partial charge is 0.345 e. The van der Waals surface area contributed by atoms with E-state index in [1.165, 1.54) is 6.92 Å². The Balaban J connectivity index is 1.95. The lowest BCUT2D eigenvalue weighted by molar-refractivity contribution is -0.137. The first-order chi connectivity index (χ1) is 10.4. The number of piperazine rings is 1. The van der Waals surface area contributed by atoms with Gasteiger partial charge in [0.2, 0.25) is 11.8 Å². The molecule has 2 amide bonds. The Morgan fingerprint density at radius 1 is 1.27 bits per heavy atom. The Bertz CT molecular complexity index is 535. The van der Waals surface area contributed by atoms with Crippen molar-refractivity contribution in [2.75, 3.05) is 31.1 Å². The second-order valence-electron chi connectivity index (χ2n) is 6.01. The van der Waals surface area contributed by atoms with Gasteiger partial charge in [0, 0.05) is 38.5 Å². The van der Waals surface area contributed by atoms with Crippen LogP contribution in [0.2, 0.25) is 0 Å². The molecular weight excluding hydrogens is 300 g/mol. The molecule has 1 N–H and O–H groups in total. The van der Waals surface area contributed by atoms with Crippen molar-refractivity contribution in [1.29, 1.82) is 0 Å². The van der Waals surface area contributed by atoms with E-state index in [9.17, 15) is 9.59 Å². The molecule has 7 heteroatoms. The normalized spacial score (nSPS) is 16.8. The summed E-state index contributed by atoms with van der Waals surface area (Å²) < 4.78 is 0. The van der Waals surface area contributed by atoms with Gasteiger partial charge in [-0.1, -0.05) is 13.8 Å². The maximum atomic E-state index is 12.6. The lowest BCUT2D eigenvalue weighted by Crippen LogP contribution is -2.56. The summed E-state index contributed by atoms with van der Waals surface area (Å²) in [4.78, 5) is 32.4. The van der Waals surface area contributed by atoms with E-state index < -0.39 is 6.04 Å². The minimum Gasteiger partial charge on any atom is -0.345 e. The molecule has 1 atom stereocenters. The van der Waals surface area contributed by atoms with Crippen LogP contribution in [0.15, 0.2) is 5.38 Å². The average molecular weight is 324 g/mol. The van der Waals surface area contributed by atoms with E-state index in [1.807, 2.05) is 31.1 Å². The highest BCUT2D eigenvalue weighted by Gasteiger charge is 2.30. The minimum atomic E-state index is -0.439. The molecule has 1 aromatic rings. The van der Waals surface area contributed by atoms with Crippen LogP contribution in [-0.4, -0.2) is 53.9 Å². The molecule has 0 spiro atoms. The summed E-state index contributed by atoms with van der Waals surface area (Å²) in [7, 11) is 0. The SMILES string of the molecule is CC(=O)N[C@H](C(=O)N1CCN(c2nc(C)cs2)CC1)C(C)C. The van der Waals surface area contributed by atoms with E-state index in [0.717, 1.165) is 23.9 Å². The highest BCUT2D eigenvalue weighted by atomic mass is 32.1. The van der Waals surface area contributed by atoms with Gasteiger partial charge >= 0.3 is 0 Å². The Kier molecular flexibility index (Phi) is 5.39. The van der Waals surface area contributed by atoms with Gasteiger partial charge in [-0.05, 0) is 12.8 Å². The molecule has 1 aliphatic heterocycles. The Morgan fingerprint density at radius 3 is 2.36 bits per heavy atom. The molecule has 1 saturated heterocycles. The molecule has 2 heterocycles. The maximum Gasteiger partial charge on any atom is 0.245 e. The van der Waals surface area contributed by atoms with Crippen molar-refractivity contribution in [3.05, 3.63) is 11.1 Å². The molecule has 22 heavy (non-hydrogen) atoms. The topological polar surface area (TPSA) is 65.5 Å². The number of rotatable bonds is 4. The first-order valence-electron chi connectivity index (χ1n) is 7.61. The third-order valence-corrected chi connectivity index (χ3v) is 4.78. The van der Waals surface area contributed by atoms with Crippen LogP contribution in [0.5, 0.6) is 0 Å². The van der Waals surface area contributed by atoms with Crippen molar-refractivity contribution in [3.8, 4) is 0 Å². The highest BCUT2D eigenvalue weighted by Crippen LogP contribution is 2.21. The summed E-state index contributed by atoms with van der Waals surface area (Å²) in [6, 6.07) is -0.439. The van der Waals surface area contributed by atoms with E-state index in [0.29, 0.717) is 13.1 Å². The fourth-order valence-electron chi connectivity index (χ4n) is 2.53. The van der Waals surface area contributed by atoms with Gasteiger partial charge in [-0.15, -0.1) is 11.3 Å². The molecule has 1 aliphatic rings. The average Bonchev–Trinajstić information content (AvgIpc) is 2.90. The number of carbonyl (C=O) groups excluding carboxylic acids is 2. The predicted octanol–water partition coefficient (Wildman–Crippen LogP) is 1.26. The van der Waals surface area contributed by atoms with E-state index >= 15 is 0 Å². The molecule has 2 rings (SSSR count). The van der Waals surface area contributed by atoms with Crippen molar-refractivity contribution in [2.24, 2.45) is 5.92 Å². The van der Waals surface area contributed by atoms with Gasteiger partial charge < -0.3 is 15.1 Å². The second-order valence-corrected chi connectivity index (χ2v) is 6.84. The van der Waals surface area contributed by atoms with Crippen LogP contribution in [-0.2, 0) is 9.59 Å². The zero-order valence-electron chi connectivity index (χ0n) is 13.6. The van der Waals surface area contributed by atoms with Crippen LogP contribution >= 0.6 is 11.3 Å². The fraction of sp³-hybridized carbons (Fsp3) is 0.667. The van der Waals surface area contributed by atoms with Gasteiger partial charge in [0.25, 0.3) is 0 Å². The molecular formula is C15H24N4O2S. The molecule has 0 aromatic carbocycles. The van der Waals surface area contributed by atoms with Gasteiger partial charge in [0.15, 0.2) is 5.13 Å². The fourth-order valence-corrected chi connectivity index (χ4v) is 3.39. The number of nitrogens with zero attached hydrogens (tertiary/aromatic N) is 3. The maximum absolute atomic E-state index is 12.6. The van der Waals surface area contributed by atoms with Crippen molar-refractivity contribution >= 4 is 28.3 Å². The number of thiazole rings is 1. The minimum absolute atomic E-state index is 0.0140. The molecule has 0 aliphatic carbocycles. The zero-order chi connectivity index (χ0) is 16.3. The van der Waals surface area contributed by atoms with Crippen LogP contribution in [0.4, 0.5) is 5.13 Å². The van der Waals surface area contributed by atoms with Gasteiger partial charge in [-0.25, -0.2) is 4.98 Å². The quantitative estimate of drug-likeness (QED) is 0.905. The lowest BCUT2D eigenvalue weighted by atomic mass is 10.0. The second kappa shape index (κ2) is 7.09. The van der Waals surface area contributed by atoms with Crippen molar-refractivity contribution in [1.82, 2.24) is 15.2 Å². The monoisotopic (exact) mass is 324 g/mol. The van der Waals surface area contributed by atoms with Crippen molar-refractivity contribution in [2.45, 2.75) is 33.7 Å². The van der Waals surface area contributed by atoms with Gasteiger partial charge in [0.05, 0.1) is 5.69 Å². The van der Waals surface area contributed by atoms with Crippen molar-refractivity contribution < 1.29 is 9.59 Å². The van der Waals surface area contributed by atoms with Gasteiger partial charge in [-0.3, -0.25) is 9.59 Å². The first kappa shape index (κ1) is 16.7. The van der Waals surface area contributed by atoms with Gasteiger partial charge in [0.1, 0.15) is 6.04 Å². The lowest BCUT2D eigenvalue weighted by Gasteiger charge is -2.37. The first-order valence-corrected chi connectivity index (χ1v) is 8.49. The molecule has 122 valence electrons. The third kappa shape index (κ3) is 3.97. The number of hydrogen-bond acceptors (Lipinski definition) is 5. The third-order valence-electron chi connectivity index (χ3n) is 3.76. The molecule has 0 unspecified atom stereocenters. The molecule has 6 nitrogen and oxygen atoms in total. The van der Waals surface area contributed by atoms with Crippen LogP contribution in [0, 0.1) is 12.8 Å². The van der Waals surface area contributed by atoms with Crippen LogP contribution in [0.25, 0.3) is 0 Å². The van der Waals surface area contributed by atoms with Gasteiger partial charge in [-0.2, -0.15) is 0 Å². The number of anilines is 1. The predicted molar refractivity (Wildman–Crippen MR) is 88.1 cm³/mol. The summed E-state index contributed by atoms with van der Waals surface area (Å²) in [5.41, 5.74) is 1.03. The van der Waals surface area contributed by atoms with E-state index in [2.05, 4.69) is 15.2 Å². The number of aromatic nitrogens is 1. The smallest absolute Gasteiger partial charge is 0.245 e. The Hall–Kier alpha value is -1.63. The van der Waals surface area contributed by atoms with Crippen LogP contribution < -0.4 is 10.2 Å².